The number of anilines is 1. The van der Waals surface area contributed by atoms with Gasteiger partial charge >= 0.3 is 0 Å². The summed E-state index contributed by atoms with van der Waals surface area (Å²) in [5.74, 6) is 0.384. The lowest BCUT2D eigenvalue weighted by Gasteiger charge is -2.15. The van der Waals surface area contributed by atoms with Crippen molar-refractivity contribution in [3.8, 4) is 22.3 Å². The molecule has 1 amide bonds. The molecule has 0 saturated heterocycles. The minimum atomic E-state index is -0.113. The third-order valence-corrected chi connectivity index (χ3v) is 6.74. The molecular formula is C31H34Cl3N9O. The molecule has 6 aromatic heterocycles. The van der Waals surface area contributed by atoms with Crippen molar-refractivity contribution in [1.82, 2.24) is 39.0 Å². The topological polar surface area (TPSA) is 108 Å². The fourth-order valence-corrected chi connectivity index (χ4v) is 4.87. The monoisotopic (exact) mass is 653 g/mol. The number of rotatable bonds is 3. The van der Waals surface area contributed by atoms with Gasteiger partial charge in [0.15, 0.2) is 11.3 Å². The molecular weight excluding hydrogens is 621 g/mol. The Bertz CT molecular complexity index is 1860. The van der Waals surface area contributed by atoms with Gasteiger partial charge in [-0.15, -0.1) is 0 Å². The molecule has 0 unspecified atom stereocenters. The first-order valence-corrected chi connectivity index (χ1v) is 15.0. The van der Waals surface area contributed by atoms with Crippen LogP contribution in [0.25, 0.3) is 44.6 Å². The van der Waals surface area contributed by atoms with Gasteiger partial charge in [0.05, 0.1) is 0 Å². The molecule has 44 heavy (non-hydrogen) atoms. The zero-order valence-corrected chi connectivity index (χ0v) is 28.1. The van der Waals surface area contributed by atoms with Crippen molar-refractivity contribution >= 4 is 68.9 Å². The van der Waals surface area contributed by atoms with Crippen LogP contribution in [0.2, 0.25) is 15.5 Å². The molecule has 6 aromatic rings. The third kappa shape index (κ3) is 7.68. The summed E-state index contributed by atoms with van der Waals surface area (Å²) >= 11 is 18.0. The number of aryl methyl sites for hydroxylation is 2. The van der Waals surface area contributed by atoms with Gasteiger partial charge in [-0.2, -0.15) is 0 Å². The van der Waals surface area contributed by atoms with Gasteiger partial charge in [-0.1, -0.05) is 62.5 Å². The Hall–Kier alpha value is -4.12. The number of hydrogen-bond donors (Lipinski definition) is 0. The molecule has 0 N–H and O–H groups in total. The number of carbonyl (C=O) groups is 1. The summed E-state index contributed by atoms with van der Waals surface area (Å²) < 4.78 is 3.82. The van der Waals surface area contributed by atoms with E-state index < -0.39 is 0 Å². The molecule has 0 radical (unpaired) electrons. The Kier molecular flexibility index (Phi) is 12.2. The summed E-state index contributed by atoms with van der Waals surface area (Å²) in [5.41, 5.74) is 6.76. The van der Waals surface area contributed by atoms with Gasteiger partial charge in [-0.3, -0.25) is 14.8 Å². The number of hydrogen-bond acceptors (Lipinski definition) is 7. The Morgan fingerprint density at radius 2 is 1.05 bits per heavy atom. The molecule has 0 bridgehead atoms. The molecule has 6 rings (SSSR count). The van der Waals surface area contributed by atoms with E-state index in [1.165, 1.54) is 11.8 Å². The lowest BCUT2D eigenvalue weighted by molar-refractivity contribution is -0.116. The highest BCUT2D eigenvalue weighted by atomic mass is 35.5. The predicted octanol–water partition coefficient (Wildman–Crippen LogP) is 8.06. The number of amides is 1. The van der Waals surface area contributed by atoms with Crippen molar-refractivity contribution in [2.45, 2.75) is 34.6 Å². The van der Waals surface area contributed by atoms with Gasteiger partial charge in [0.1, 0.15) is 32.3 Å². The molecule has 0 saturated carbocycles. The second kappa shape index (κ2) is 15.6. The standard InChI is InChI=1S/C15H14ClN5O.C12H8Cl2N4.2C2H6/c1-9(22)21(3)13-7-10(6-12(16)19-13)11-8-20(2)15-14(11)17-4-5-18-15;1-18-6-8(11-12(18)16-3-2-15-11)7-4-9(13)17-10(14)5-7;2*1-2/h4-8H,1-3H3;2-6H,1H3;2*1-2H3. The highest BCUT2D eigenvalue weighted by Gasteiger charge is 2.15. The zero-order valence-electron chi connectivity index (χ0n) is 25.8. The van der Waals surface area contributed by atoms with Crippen LogP contribution in [0, 0.1) is 0 Å². The minimum absolute atomic E-state index is 0.113. The van der Waals surface area contributed by atoms with E-state index in [0.717, 1.165) is 44.6 Å². The molecule has 0 fully saturated rings. The Labute approximate surface area is 271 Å². The maximum absolute atomic E-state index is 11.5. The van der Waals surface area contributed by atoms with Crippen LogP contribution >= 0.6 is 34.8 Å². The molecule has 0 aliphatic heterocycles. The quantitative estimate of drug-likeness (QED) is 0.178. The number of halogens is 3. The minimum Gasteiger partial charge on any atom is -0.334 e. The smallest absolute Gasteiger partial charge is 0.224 e. The van der Waals surface area contributed by atoms with Crippen molar-refractivity contribution in [3.05, 3.63) is 76.9 Å². The van der Waals surface area contributed by atoms with E-state index in [2.05, 4.69) is 29.9 Å². The van der Waals surface area contributed by atoms with Crippen molar-refractivity contribution in [1.29, 1.82) is 0 Å². The van der Waals surface area contributed by atoms with Crippen LogP contribution in [0.15, 0.2) is 61.4 Å². The lowest BCUT2D eigenvalue weighted by atomic mass is 10.1. The van der Waals surface area contributed by atoms with Crippen LogP contribution in [0.4, 0.5) is 5.82 Å². The fourth-order valence-electron chi connectivity index (χ4n) is 4.20. The van der Waals surface area contributed by atoms with Gasteiger partial charge in [-0.05, 0) is 35.4 Å². The van der Waals surface area contributed by atoms with E-state index in [4.69, 9.17) is 34.8 Å². The largest absolute Gasteiger partial charge is 0.334 e. The summed E-state index contributed by atoms with van der Waals surface area (Å²) in [6.45, 7) is 9.48. The molecule has 0 atom stereocenters. The number of fused-ring (bicyclic) bond motifs is 2. The maximum atomic E-state index is 11.5. The Morgan fingerprint density at radius 3 is 1.48 bits per heavy atom. The first kappa shape index (κ1) is 34.4. The number of carbonyl (C=O) groups excluding carboxylic acids is 1. The van der Waals surface area contributed by atoms with Gasteiger partial charge in [0.2, 0.25) is 5.91 Å². The molecule has 10 nitrogen and oxygen atoms in total. The van der Waals surface area contributed by atoms with Crippen LogP contribution in [0.5, 0.6) is 0 Å². The summed E-state index contributed by atoms with van der Waals surface area (Å²) in [6.07, 6.45) is 10.5. The first-order chi connectivity index (χ1) is 21.1. The second-order valence-corrected chi connectivity index (χ2v) is 10.0. The highest BCUT2D eigenvalue weighted by Crippen LogP contribution is 2.32. The van der Waals surface area contributed by atoms with E-state index in [0.29, 0.717) is 21.3 Å². The van der Waals surface area contributed by atoms with E-state index in [1.807, 2.05) is 69.4 Å². The van der Waals surface area contributed by atoms with Crippen molar-refractivity contribution in [2.24, 2.45) is 14.1 Å². The van der Waals surface area contributed by atoms with E-state index in [1.54, 1.807) is 50.0 Å². The highest BCUT2D eigenvalue weighted by molar-refractivity contribution is 6.33. The second-order valence-electron chi connectivity index (χ2n) is 8.88. The summed E-state index contributed by atoms with van der Waals surface area (Å²) in [7, 11) is 5.49. The Morgan fingerprint density at radius 1 is 0.659 bits per heavy atom. The lowest BCUT2D eigenvalue weighted by Crippen LogP contribution is -2.23. The molecule has 6 heterocycles. The predicted molar refractivity (Wildman–Crippen MR) is 180 cm³/mol. The van der Waals surface area contributed by atoms with Crippen molar-refractivity contribution in [2.75, 3.05) is 11.9 Å². The van der Waals surface area contributed by atoms with Crippen LogP contribution in [-0.2, 0) is 18.9 Å². The first-order valence-electron chi connectivity index (χ1n) is 13.9. The van der Waals surface area contributed by atoms with E-state index >= 15 is 0 Å². The van der Waals surface area contributed by atoms with Gasteiger partial charge in [-0.25, -0.2) is 19.9 Å². The average molecular weight is 655 g/mol. The average Bonchev–Trinajstić information content (AvgIpc) is 3.55. The maximum Gasteiger partial charge on any atom is 0.224 e. The third-order valence-electron chi connectivity index (χ3n) is 6.16. The molecule has 0 aromatic carbocycles. The Balaban J connectivity index is 0.000000219. The van der Waals surface area contributed by atoms with Gasteiger partial charge < -0.3 is 14.0 Å². The van der Waals surface area contributed by atoms with Crippen LogP contribution in [0.3, 0.4) is 0 Å². The molecule has 0 aliphatic carbocycles. The zero-order chi connectivity index (χ0) is 32.6. The number of aromatic nitrogens is 8. The SMILES string of the molecule is CC.CC.CC(=O)N(C)c1cc(-c2cn(C)c3nccnc23)cc(Cl)n1.Cn1cc(-c2cc(Cl)nc(Cl)c2)c2nccnc21. The normalized spacial score (nSPS) is 10.2. The fraction of sp³-hybridized carbons (Fsp3) is 0.258. The molecule has 0 spiro atoms. The molecule has 0 aliphatic rings. The molecule has 13 heteroatoms. The van der Waals surface area contributed by atoms with Gasteiger partial charge in [0, 0.05) is 76.4 Å². The van der Waals surface area contributed by atoms with Crippen LogP contribution < -0.4 is 4.90 Å². The number of nitrogens with zero attached hydrogens (tertiary/aromatic N) is 9. The summed E-state index contributed by atoms with van der Waals surface area (Å²) in [4.78, 5) is 38.5. The summed E-state index contributed by atoms with van der Waals surface area (Å²) in [6, 6.07) is 7.09. The van der Waals surface area contributed by atoms with Gasteiger partial charge in [0.25, 0.3) is 0 Å². The molecule has 230 valence electrons. The summed E-state index contributed by atoms with van der Waals surface area (Å²) in [5, 5.41) is 1.04. The van der Waals surface area contributed by atoms with E-state index in [-0.39, 0.29) is 5.91 Å². The van der Waals surface area contributed by atoms with E-state index in [9.17, 15) is 4.79 Å². The van der Waals surface area contributed by atoms with Crippen LogP contribution in [0.1, 0.15) is 34.6 Å². The number of pyridine rings is 2. The van der Waals surface area contributed by atoms with Crippen LogP contribution in [-0.4, -0.2) is 52.0 Å². The van der Waals surface area contributed by atoms with Crippen molar-refractivity contribution < 1.29 is 4.79 Å². The van der Waals surface area contributed by atoms with Crippen molar-refractivity contribution in [3.63, 3.8) is 0 Å².